The molecule has 0 bridgehead atoms. The Morgan fingerprint density at radius 3 is 1.32 bits per heavy atom. The first-order valence-electron chi connectivity index (χ1n) is 21.6. The van der Waals surface area contributed by atoms with Crippen LogP contribution in [0.15, 0.2) is 224 Å². The van der Waals surface area contributed by atoms with Crippen LogP contribution < -0.4 is 0 Å². The van der Waals surface area contributed by atoms with E-state index in [2.05, 4.69) is 229 Å². The lowest BCUT2D eigenvalue weighted by atomic mass is 9.85. The van der Waals surface area contributed by atoms with Gasteiger partial charge in [0.1, 0.15) is 0 Å². The van der Waals surface area contributed by atoms with E-state index in [0.717, 1.165) is 44.4 Å². The summed E-state index contributed by atoms with van der Waals surface area (Å²) >= 11 is 0. The quantitative estimate of drug-likeness (QED) is 0.113. The maximum absolute atomic E-state index is 5.04. The lowest BCUT2D eigenvalue weighted by Crippen LogP contribution is -2.00. The number of para-hydroxylation sites is 4. The first-order chi connectivity index (χ1) is 31.1. The van der Waals surface area contributed by atoms with Crippen LogP contribution in [0.5, 0.6) is 0 Å². The molecule has 0 spiro atoms. The monoisotopic (exact) mass is 803 g/mol. The molecule has 2 aromatic heterocycles. The molecule has 12 aromatic rings. The highest BCUT2D eigenvalue weighted by atomic mass is 15.0. The van der Waals surface area contributed by atoms with Gasteiger partial charge in [-0.15, -0.1) is 0 Å². The number of fused-ring (bicyclic) bond motifs is 9. The van der Waals surface area contributed by atoms with Crippen molar-refractivity contribution in [2.75, 3.05) is 0 Å². The van der Waals surface area contributed by atoms with Crippen LogP contribution in [-0.4, -0.2) is 15.3 Å². The Hall–Kier alpha value is -8.27. The van der Waals surface area contributed by atoms with Gasteiger partial charge in [0, 0.05) is 45.3 Å². The molecular weight excluding hydrogens is 763 g/mol. The van der Waals surface area contributed by atoms with Crippen LogP contribution in [-0.2, 0) is 0 Å². The Labute approximate surface area is 365 Å². The topological polar surface area (TPSA) is 22.2 Å². The molecule has 0 aliphatic rings. The Kier molecular flexibility index (Phi) is 8.55. The van der Waals surface area contributed by atoms with E-state index in [9.17, 15) is 0 Å². The normalized spacial score (nSPS) is 12.3. The number of benzene rings is 10. The van der Waals surface area contributed by atoms with Gasteiger partial charge in [-0.2, -0.15) is 0 Å². The fourth-order valence-corrected chi connectivity index (χ4v) is 10.1. The molecule has 2 heterocycles. The van der Waals surface area contributed by atoms with Crippen molar-refractivity contribution in [1.82, 2.24) is 9.13 Å². The summed E-state index contributed by atoms with van der Waals surface area (Å²) in [5, 5.41) is 12.1. The largest absolute Gasteiger partial charge is 0.309 e. The number of hydrogen-bond acceptors (Lipinski definition) is 1. The lowest BCUT2D eigenvalue weighted by molar-refractivity contribution is 1.13. The molecular formula is C60H41N3. The summed E-state index contributed by atoms with van der Waals surface area (Å²) in [5.74, 6) is 0. The number of aliphatic imine (C=N–C) groups is 1. The molecule has 0 saturated heterocycles. The molecule has 10 aromatic carbocycles. The van der Waals surface area contributed by atoms with Crippen molar-refractivity contribution in [3.05, 3.63) is 230 Å². The zero-order valence-corrected chi connectivity index (χ0v) is 34.8. The van der Waals surface area contributed by atoms with E-state index in [0.29, 0.717) is 0 Å². The fraction of sp³-hybridized carbons (Fsp3) is 0.0167. The van der Waals surface area contributed by atoms with Gasteiger partial charge < -0.3 is 9.13 Å². The summed E-state index contributed by atoms with van der Waals surface area (Å²) in [6, 6.07) is 74.5. The van der Waals surface area contributed by atoms with Gasteiger partial charge in [-0.05, 0) is 115 Å². The van der Waals surface area contributed by atoms with Crippen LogP contribution in [0, 0.1) is 0 Å². The van der Waals surface area contributed by atoms with Crippen molar-refractivity contribution >= 4 is 93.3 Å². The van der Waals surface area contributed by atoms with Crippen LogP contribution in [0.4, 0.5) is 0 Å². The highest BCUT2D eigenvalue weighted by Gasteiger charge is 2.19. The zero-order chi connectivity index (χ0) is 42.0. The standard InChI is InChI=1S/C60H41N3/c1-39(37-61-38-40(2)59-51-25-5-7-27-53(51)60(54-28-8-6-26-52(54)59)50-29-17-19-41-18-3-4-20-45(41)50)42-34-43(62-55-30-13-9-21-46(55)47-22-10-14-31-56(47)62)36-44(35-42)63-57-32-15-11-23-48(57)49-24-12-16-33-58(49)63/h3-38H,2H2,1H3/b39-37+,61-38?. The molecule has 0 amide bonds. The van der Waals surface area contributed by atoms with Gasteiger partial charge in [0.2, 0.25) is 0 Å². The minimum atomic E-state index is 0.862. The number of nitrogens with zero attached hydrogens (tertiary/aromatic N) is 3. The molecule has 0 N–H and O–H groups in total. The van der Waals surface area contributed by atoms with Crippen molar-refractivity contribution < 1.29 is 0 Å². The molecule has 296 valence electrons. The molecule has 3 nitrogen and oxygen atoms in total. The van der Waals surface area contributed by atoms with E-state index >= 15 is 0 Å². The van der Waals surface area contributed by atoms with Crippen molar-refractivity contribution in [1.29, 1.82) is 0 Å². The molecule has 0 atom stereocenters. The highest BCUT2D eigenvalue weighted by molar-refractivity contribution is 6.26. The predicted octanol–water partition coefficient (Wildman–Crippen LogP) is 16.2. The molecule has 12 rings (SSSR count). The molecule has 0 saturated carbocycles. The second kappa shape index (κ2) is 14.7. The molecule has 3 heteroatoms. The summed E-state index contributed by atoms with van der Waals surface area (Å²) < 4.78 is 4.81. The van der Waals surface area contributed by atoms with Gasteiger partial charge in [-0.3, -0.25) is 4.99 Å². The summed E-state index contributed by atoms with van der Waals surface area (Å²) in [6.45, 7) is 6.83. The molecule has 0 radical (unpaired) electrons. The van der Waals surface area contributed by atoms with Crippen molar-refractivity contribution in [3.8, 4) is 22.5 Å². The third-order valence-corrected chi connectivity index (χ3v) is 12.8. The third-order valence-electron chi connectivity index (χ3n) is 12.8. The van der Waals surface area contributed by atoms with E-state index in [1.807, 2.05) is 12.4 Å². The van der Waals surface area contributed by atoms with Gasteiger partial charge >= 0.3 is 0 Å². The van der Waals surface area contributed by atoms with E-state index < -0.39 is 0 Å². The van der Waals surface area contributed by atoms with E-state index in [4.69, 9.17) is 4.99 Å². The number of hydrogen-bond donors (Lipinski definition) is 0. The van der Waals surface area contributed by atoms with Crippen molar-refractivity contribution in [2.24, 2.45) is 4.99 Å². The number of allylic oxidation sites excluding steroid dienone is 2. The van der Waals surface area contributed by atoms with Gasteiger partial charge in [-0.25, -0.2) is 0 Å². The molecule has 63 heavy (non-hydrogen) atoms. The molecule has 0 fully saturated rings. The van der Waals surface area contributed by atoms with E-state index in [-0.39, 0.29) is 0 Å². The summed E-state index contributed by atoms with van der Waals surface area (Å²) in [7, 11) is 0. The molecule has 0 unspecified atom stereocenters. The van der Waals surface area contributed by atoms with Crippen LogP contribution in [0.3, 0.4) is 0 Å². The SMILES string of the molecule is C=C(C=N/C=C(\C)c1cc(-n2c3ccccc3c3ccccc32)cc(-n2c3ccccc3c3ccccc32)c1)c1c2ccccc2c(-c2cccc3ccccc23)c2ccccc12. The summed E-state index contributed by atoms with van der Waals surface area (Å²) in [6.07, 6.45) is 3.92. The summed E-state index contributed by atoms with van der Waals surface area (Å²) in [5.41, 5.74) is 13.4. The Bertz CT molecular complexity index is 3590. The second-order valence-corrected chi connectivity index (χ2v) is 16.5. The first-order valence-corrected chi connectivity index (χ1v) is 21.6. The smallest absolute Gasteiger partial charge is 0.0541 e. The van der Waals surface area contributed by atoms with Crippen LogP contribution in [0.25, 0.3) is 110 Å². The lowest BCUT2D eigenvalue weighted by Gasteiger charge is -2.18. The maximum atomic E-state index is 5.04. The van der Waals surface area contributed by atoms with Crippen LogP contribution in [0.2, 0.25) is 0 Å². The Balaban J connectivity index is 1.01. The van der Waals surface area contributed by atoms with Gasteiger partial charge in [0.05, 0.1) is 22.1 Å². The summed E-state index contributed by atoms with van der Waals surface area (Å²) in [4.78, 5) is 5.04. The van der Waals surface area contributed by atoms with Crippen molar-refractivity contribution in [3.63, 3.8) is 0 Å². The van der Waals surface area contributed by atoms with Gasteiger partial charge in [-0.1, -0.05) is 170 Å². The molecule has 0 aliphatic heterocycles. The number of aromatic nitrogens is 2. The minimum Gasteiger partial charge on any atom is -0.309 e. The van der Waals surface area contributed by atoms with Crippen LogP contribution >= 0.6 is 0 Å². The highest BCUT2D eigenvalue weighted by Crippen LogP contribution is 2.44. The Morgan fingerprint density at radius 2 is 0.825 bits per heavy atom. The number of rotatable bonds is 7. The second-order valence-electron chi connectivity index (χ2n) is 16.5. The first kappa shape index (κ1) is 36.6. The zero-order valence-electron chi connectivity index (χ0n) is 34.8. The fourth-order valence-electron chi connectivity index (χ4n) is 10.1. The van der Waals surface area contributed by atoms with E-state index in [1.54, 1.807) is 0 Å². The molecule has 0 aliphatic carbocycles. The predicted molar refractivity (Wildman–Crippen MR) is 271 cm³/mol. The average Bonchev–Trinajstić information content (AvgIpc) is 3.86. The third kappa shape index (κ3) is 5.85. The van der Waals surface area contributed by atoms with Gasteiger partial charge in [0.25, 0.3) is 0 Å². The Morgan fingerprint density at radius 1 is 0.429 bits per heavy atom. The minimum absolute atomic E-state index is 0.862. The maximum Gasteiger partial charge on any atom is 0.0541 e. The van der Waals surface area contributed by atoms with Crippen LogP contribution in [0.1, 0.15) is 18.1 Å². The van der Waals surface area contributed by atoms with E-state index in [1.165, 1.54) is 76.3 Å². The average molecular weight is 804 g/mol. The van der Waals surface area contributed by atoms with Crippen molar-refractivity contribution in [2.45, 2.75) is 6.92 Å². The van der Waals surface area contributed by atoms with Gasteiger partial charge in [0.15, 0.2) is 0 Å².